The fourth-order valence-corrected chi connectivity index (χ4v) is 2.87. The number of rotatable bonds is 3. The summed E-state index contributed by atoms with van der Waals surface area (Å²) in [6.07, 6.45) is 4.09. The smallest absolute Gasteiger partial charge is 0.234 e. The van der Waals surface area contributed by atoms with Crippen LogP contribution in [0.5, 0.6) is 0 Å². The van der Waals surface area contributed by atoms with Crippen molar-refractivity contribution in [3.8, 4) is 0 Å². The molecule has 1 aliphatic rings. The largest absolute Gasteiger partial charge is 0.329 e. The molecule has 1 aliphatic carbocycles. The molecule has 1 fully saturated rings. The molecule has 98 valence electrons. The Balaban J connectivity index is 2.23. The van der Waals surface area contributed by atoms with E-state index < -0.39 is 0 Å². The van der Waals surface area contributed by atoms with Crippen LogP contribution < -0.4 is 10.6 Å². The third kappa shape index (κ3) is 2.27. The molecule has 3 heteroatoms. The average molecular weight is 246 g/mol. The van der Waals surface area contributed by atoms with E-state index in [1.54, 1.807) is 4.90 Å². The van der Waals surface area contributed by atoms with Gasteiger partial charge in [-0.1, -0.05) is 25.0 Å². The monoisotopic (exact) mass is 246 g/mol. The average Bonchev–Trinajstić information content (AvgIpc) is 2.87. The van der Waals surface area contributed by atoms with Crippen molar-refractivity contribution in [2.75, 3.05) is 18.5 Å². The van der Waals surface area contributed by atoms with Crippen molar-refractivity contribution < 1.29 is 4.79 Å². The Bertz CT molecular complexity index is 436. The van der Waals surface area contributed by atoms with Crippen LogP contribution in [0.2, 0.25) is 0 Å². The fraction of sp³-hybridized carbons (Fsp3) is 0.533. The second-order valence-electron chi connectivity index (χ2n) is 5.39. The number of amides is 1. The molecule has 0 atom stereocenters. The van der Waals surface area contributed by atoms with Crippen molar-refractivity contribution in [1.29, 1.82) is 0 Å². The van der Waals surface area contributed by atoms with Crippen molar-refractivity contribution in [3.63, 3.8) is 0 Å². The summed E-state index contributed by atoms with van der Waals surface area (Å²) >= 11 is 0. The highest BCUT2D eigenvalue weighted by Crippen LogP contribution is 2.39. The van der Waals surface area contributed by atoms with Crippen molar-refractivity contribution in [2.24, 2.45) is 11.1 Å². The molecule has 1 amide bonds. The molecule has 18 heavy (non-hydrogen) atoms. The van der Waals surface area contributed by atoms with Crippen molar-refractivity contribution in [3.05, 3.63) is 29.8 Å². The highest BCUT2D eigenvalue weighted by molar-refractivity contribution is 5.97. The van der Waals surface area contributed by atoms with Crippen LogP contribution in [0.25, 0.3) is 0 Å². The molecule has 0 bridgehead atoms. The highest BCUT2D eigenvalue weighted by Gasteiger charge is 2.41. The van der Waals surface area contributed by atoms with Crippen molar-refractivity contribution in [1.82, 2.24) is 0 Å². The Morgan fingerprint density at radius 2 is 2.06 bits per heavy atom. The second kappa shape index (κ2) is 5.11. The van der Waals surface area contributed by atoms with E-state index >= 15 is 0 Å². The number of anilines is 1. The number of nitrogens with two attached hydrogens (primary N) is 1. The van der Waals surface area contributed by atoms with E-state index in [4.69, 9.17) is 5.73 Å². The maximum absolute atomic E-state index is 12.7. The zero-order chi connectivity index (χ0) is 13.2. The summed E-state index contributed by atoms with van der Waals surface area (Å²) in [5, 5.41) is 0. The van der Waals surface area contributed by atoms with Gasteiger partial charge < -0.3 is 10.6 Å². The number of hydrogen-bond acceptors (Lipinski definition) is 2. The standard InChI is InChI=1S/C15H22N2O/c1-12-6-5-7-13(10-12)17(2)14(18)15(11-16)8-3-4-9-15/h5-7,10H,3-4,8-9,11,16H2,1-2H3. The maximum Gasteiger partial charge on any atom is 0.234 e. The summed E-state index contributed by atoms with van der Waals surface area (Å²) in [6, 6.07) is 8.04. The number of nitrogens with zero attached hydrogens (tertiary/aromatic N) is 1. The molecule has 2 rings (SSSR count). The van der Waals surface area contributed by atoms with Gasteiger partial charge in [0.15, 0.2) is 0 Å². The van der Waals surface area contributed by atoms with E-state index in [2.05, 4.69) is 0 Å². The van der Waals surface area contributed by atoms with Gasteiger partial charge in [0.05, 0.1) is 5.41 Å². The molecule has 1 saturated carbocycles. The lowest BCUT2D eigenvalue weighted by Gasteiger charge is -2.31. The van der Waals surface area contributed by atoms with Crippen LogP contribution >= 0.6 is 0 Å². The molecular weight excluding hydrogens is 224 g/mol. The summed E-state index contributed by atoms with van der Waals surface area (Å²) in [6.45, 7) is 2.50. The molecular formula is C15H22N2O. The summed E-state index contributed by atoms with van der Waals surface area (Å²) in [7, 11) is 1.85. The van der Waals surface area contributed by atoms with Gasteiger partial charge in [0.2, 0.25) is 5.91 Å². The normalized spacial score (nSPS) is 17.7. The minimum absolute atomic E-state index is 0.174. The fourth-order valence-electron chi connectivity index (χ4n) is 2.87. The predicted molar refractivity (Wildman–Crippen MR) is 74.5 cm³/mol. The van der Waals surface area contributed by atoms with Crippen LogP contribution in [-0.4, -0.2) is 19.5 Å². The first-order chi connectivity index (χ1) is 8.59. The lowest BCUT2D eigenvalue weighted by atomic mass is 9.84. The van der Waals surface area contributed by atoms with Gasteiger partial charge in [0.1, 0.15) is 0 Å². The third-order valence-corrected chi connectivity index (χ3v) is 4.10. The Hall–Kier alpha value is -1.35. The third-order valence-electron chi connectivity index (χ3n) is 4.10. The van der Waals surface area contributed by atoms with E-state index in [0.29, 0.717) is 6.54 Å². The lowest BCUT2D eigenvalue weighted by molar-refractivity contribution is -0.127. The van der Waals surface area contributed by atoms with Crippen LogP contribution in [0.15, 0.2) is 24.3 Å². The van der Waals surface area contributed by atoms with Gasteiger partial charge in [-0.25, -0.2) is 0 Å². The molecule has 0 aromatic heterocycles. The number of carbonyl (C=O) groups excluding carboxylic acids is 1. The zero-order valence-corrected chi connectivity index (χ0v) is 11.3. The van der Waals surface area contributed by atoms with Crippen LogP contribution in [0, 0.1) is 12.3 Å². The zero-order valence-electron chi connectivity index (χ0n) is 11.3. The Labute approximate surface area is 109 Å². The van der Waals surface area contributed by atoms with E-state index in [1.165, 1.54) is 5.56 Å². The number of benzene rings is 1. The van der Waals surface area contributed by atoms with E-state index in [9.17, 15) is 4.79 Å². The molecule has 0 heterocycles. The molecule has 1 aromatic carbocycles. The van der Waals surface area contributed by atoms with E-state index in [0.717, 1.165) is 31.4 Å². The molecule has 2 N–H and O–H groups in total. The Kier molecular flexibility index (Phi) is 3.71. The molecule has 0 saturated heterocycles. The summed E-state index contributed by atoms with van der Waals surface area (Å²) in [5.41, 5.74) is 7.67. The van der Waals surface area contributed by atoms with Gasteiger partial charge in [-0.2, -0.15) is 0 Å². The number of carbonyl (C=O) groups is 1. The quantitative estimate of drug-likeness (QED) is 0.890. The molecule has 1 aromatic rings. The SMILES string of the molecule is Cc1cccc(N(C)C(=O)C2(CN)CCCC2)c1. The number of aryl methyl sites for hydroxylation is 1. The molecule has 0 aliphatic heterocycles. The second-order valence-corrected chi connectivity index (χ2v) is 5.39. The first-order valence-corrected chi connectivity index (χ1v) is 6.64. The Morgan fingerprint density at radius 3 is 2.61 bits per heavy atom. The minimum atomic E-state index is -0.321. The van der Waals surface area contributed by atoms with Crippen LogP contribution in [-0.2, 0) is 4.79 Å². The van der Waals surface area contributed by atoms with E-state index in [1.807, 2.05) is 38.2 Å². The van der Waals surface area contributed by atoms with Crippen molar-refractivity contribution >= 4 is 11.6 Å². The molecule has 3 nitrogen and oxygen atoms in total. The van der Waals surface area contributed by atoms with Gasteiger partial charge in [0, 0.05) is 19.3 Å². The van der Waals surface area contributed by atoms with Crippen LogP contribution in [0.1, 0.15) is 31.2 Å². The van der Waals surface area contributed by atoms with Gasteiger partial charge in [-0.15, -0.1) is 0 Å². The topological polar surface area (TPSA) is 46.3 Å². The van der Waals surface area contributed by atoms with Crippen LogP contribution in [0.3, 0.4) is 0 Å². The maximum atomic E-state index is 12.7. The van der Waals surface area contributed by atoms with Crippen molar-refractivity contribution in [2.45, 2.75) is 32.6 Å². The number of hydrogen-bond donors (Lipinski definition) is 1. The first kappa shape index (κ1) is 13.1. The van der Waals surface area contributed by atoms with Gasteiger partial charge in [0.25, 0.3) is 0 Å². The van der Waals surface area contributed by atoms with E-state index in [-0.39, 0.29) is 11.3 Å². The van der Waals surface area contributed by atoms with Gasteiger partial charge >= 0.3 is 0 Å². The highest BCUT2D eigenvalue weighted by atomic mass is 16.2. The lowest BCUT2D eigenvalue weighted by Crippen LogP contribution is -2.45. The Morgan fingerprint density at radius 1 is 1.39 bits per heavy atom. The summed E-state index contributed by atoms with van der Waals surface area (Å²) in [4.78, 5) is 14.4. The minimum Gasteiger partial charge on any atom is -0.329 e. The van der Waals surface area contributed by atoms with Crippen LogP contribution in [0.4, 0.5) is 5.69 Å². The summed E-state index contributed by atoms with van der Waals surface area (Å²) < 4.78 is 0. The molecule has 0 unspecified atom stereocenters. The molecule has 0 radical (unpaired) electrons. The van der Waals surface area contributed by atoms with Gasteiger partial charge in [-0.05, 0) is 37.5 Å². The molecule has 0 spiro atoms. The predicted octanol–water partition coefficient (Wildman–Crippen LogP) is 2.48. The first-order valence-electron chi connectivity index (χ1n) is 6.64. The summed E-state index contributed by atoms with van der Waals surface area (Å²) in [5.74, 6) is 0.174. The van der Waals surface area contributed by atoms with Gasteiger partial charge in [-0.3, -0.25) is 4.79 Å².